The molecule has 10 aromatic carbocycles. The molecule has 0 spiro atoms. The van der Waals surface area contributed by atoms with Gasteiger partial charge in [0.2, 0.25) is 0 Å². The van der Waals surface area contributed by atoms with E-state index in [2.05, 4.69) is 229 Å². The third-order valence-corrected chi connectivity index (χ3v) is 16.3. The van der Waals surface area contributed by atoms with Gasteiger partial charge in [0.25, 0.3) is 0 Å². The molecule has 0 amide bonds. The first-order valence-corrected chi connectivity index (χ1v) is 23.8. The third kappa shape index (κ3) is 5.21. The lowest BCUT2D eigenvalue weighted by molar-refractivity contribution is 0.635. The molecule has 1 aliphatic heterocycles. The minimum atomic E-state index is -2.14. The molecule has 0 bridgehead atoms. The molecule has 2 heterocycles. The van der Waals surface area contributed by atoms with Gasteiger partial charge >= 0.3 is 0 Å². The topological polar surface area (TPSA) is 19.6 Å². The van der Waals surface area contributed by atoms with Crippen LogP contribution in [0.1, 0.15) is 0 Å². The zero-order valence-corrected chi connectivity index (χ0v) is 34.4. The second kappa shape index (κ2) is 13.3. The lowest BCUT2D eigenvalue weighted by Gasteiger charge is -2.28. The highest BCUT2D eigenvalue weighted by atomic mass is 28.3. The van der Waals surface area contributed by atoms with Crippen LogP contribution in [-0.2, 0) is 0 Å². The van der Waals surface area contributed by atoms with Crippen molar-refractivity contribution < 1.29 is 4.42 Å². The van der Waals surface area contributed by atoms with Crippen LogP contribution in [0.3, 0.4) is 0 Å². The Hall–Kier alpha value is -7.40. The minimum absolute atomic E-state index is 0.918. The summed E-state index contributed by atoms with van der Waals surface area (Å²) in [6.07, 6.45) is 0. The van der Waals surface area contributed by atoms with Crippen molar-refractivity contribution in [2.45, 2.75) is 13.1 Å². The van der Waals surface area contributed by atoms with Gasteiger partial charge in [0.1, 0.15) is 19.4 Å². The number of hydrogen-bond donors (Lipinski definition) is 0. The van der Waals surface area contributed by atoms with Crippen LogP contribution in [-0.4, -0.2) is 8.07 Å². The van der Waals surface area contributed by atoms with E-state index < -0.39 is 8.07 Å². The Morgan fingerprint density at radius 1 is 0.367 bits per heavy atom. The number of anilines is 6. The second-order valence-corrected chi connectivity index (χ2v) is 20.8. The van der Waals surface area contributed by atoms with Gasteiger partial charge in [0.05, 0.1) is 11.4 Å². The fourth-order valence-corrected chi connectivity index (χ4v) is 13.3. The van der Waals surface area contributed by atoms with Gasteiger partial charge in [-0.1, -0.05) is 153 Å². The van der Waals surface area contributed by atoms with Crippen molar-refractivity contribution in [1.29, 1.82) is 0 Å². The molecule has 1 aromatic heterocycles. The van der Waals surface area contributed by atoms with Gasteiger partial charge in [0, 0.05) is 50.5 Å². The molecule has 1 aliphatic rings. The zero-order chi connectivity index (χ0) is 40.0. The van der Waals surface area contributed by atoms with E-state index in [-0.39, 0.29) is 0 Å². The summed E-state index contributed by atoms with van der Waals surface area (Å²) in [5, 5.41) is 13.9. The molecule has 0 radical (unpaired) electrons. The highest BCUT2D eigenvalue weighted by molar-refractivity contribution is 7.05. The molecule has 60 heavy (non-hydrogen) atoms. The molecule has 12 rings (SSSR count). The summed E-state index contributed by atoms with van der Waals surface area (Å²) in [6.45, 7) is 4.95. The van der Waals surface area contributed by atoms with Crippen LogP contribution in [0, 0.1) is 0 Å². The maximum absolute atomic E-state index is 7.13. The fourth-order valence-electron chi connectivity index (χ4n) is 10.0. The molecule has 0 saturated carbocycles. The van der Waals surface area contributed by atoms with Gasteiger partial charge in [-0.2, -0.15) is 0 Å². The average Bonchev–Trinajstić information content (AvgIpc) is 3.79. The predicted octanol–water partition coefficient (Wildman–Crippen LogP) is 14.8. The normalized spacial score (nSPS) is 13.0. The van der Waals surface area contributed by atoms with Gasteiger partial charge < -0.3 is 14.2 Å². The molecular formula is C56H40N2OSi. The van der Waals surface area contributed by atoms with Gasteiger partial charge in [-0.15, -0.1) is 0 Å². The van der Waals surface area contributed by atoms with Crippen LogP contribution in [0.2, 0.25) is 13.1 Å². The molecular weight excluding hydrogens is 745 g/mol. The van der Waals surface area contributed by atoms with Gasteiger partial charge in [-0.3, -0.25) is 0 Å². The first-order valence-electron chi connectivity index (χ1n) is 20.8. The van der Waals surface area contributed by atoms with Crippen molar-refractivity contribution in [1.82, 2.24) is 0 Å². The van der Waals surface area contributed by atoms with E-state index >= 15 is 0 Å². The Bertz CT molecular complexity index is 3480. The molecule has 0 atom stereocenters. The number of para-hydroxylation sites is 2. The maximum atomic E-state index is 7.13. The Kier molecular flexibility index (Phi) is 7.68. The number of rotatable bonds is 6. The Balaban J connectivity index is 1.02. The molecule has 0 unspecified atom stereocenters. The van der Waals surface area contributed by atoms with Gasteiger partial charge in [-0.25, -0.2) is 0 Å². The first kappa shape index (κ1) is 34.6. The number of hydrogen-bond acceptors (Lipinski definition) is 3. The first-order chi connectivity index (χ1) is 29.5. The lowest BCUT2D eigenvalue weighted by Crippen LogP contribution is -2.49. The van der Waals surface area contributed by atoms with E-state index in [9.17, 15) is 0 Å². The second-order valence-electron chi connectivity index (χ2n) is 16.5. The van der Waals surface area contributed by atoms with E-state index in [0.29, 0.717) is 0 Å². The highest BCUT2D eigenvalue weighted by Crippen LogP contribution is 2.45. The largest absolute Gasteiger partial charge is 0.456 e. The molecule has 0 saturated heterocycles. The number of furan rings is 1. The van der Waals surface area contributed by atoms with E-state index in [4.69, 9.17) is 4.42 Å². The molecule has 0 N–H and O–H groups in total. The van der Waals surface area contributed by atoms with Gasteiger partial charge in [0.15, 0.2) is 0 Å². The fraction of sp³-hybridized carbons (Fsp3) is 0.0357. The van der Waals surface area contributed by atoms with Crippen molar-refractivity contribution in [2.24, 2.45) is 0 Å². The number of fused-ring (bicyclic) bond motifs is 11. The monoisotopic (exact) mass is 784 g/mol. The summed E-state index contributed by atoms with van der Waals surface area (Å²) in [7, 11) is -2.14. The Morgan fingerprint density at radius 3 is 1.43 bits per heavy atom. The third-order valence-electron chi connectivity index (χ3n) is 12.8. The van der Waals surface area contributed by atoms with Crippen LogP contribution >= 0.6 is 0 Å². The minimum Gasteiger partial charge on any atom is -0.456 e. The Labute approximate surface area is 350 Å². The van der Waals surface area contributed by atoms with Crippen molar-refractivity contribution in [3.8, 4) is 11.3 Å². The van der Waals surface area contributed by atoms with Crippen LogP contribution in [0.4, 0.5) is 34.1 Å². The summed E-state index contributed by atoms with van der Waals surface area (Å²) in [5.74, 6) is 1.01. The molecule has 3 nitrogen and oxygen atoms in total. The zero-order valence-electron chi connectivity index (χ0n) is 33.4. The van der Waals surface area contributed by atoms with E-state index in [1.165, 1.54) is 64.4 Å². The van der Waals surface area contributed by atoms with Gasteiger partial charge in [-0.05, 0) is 103 Å². The van der Waals surface area contributed by atoms with Crippen molar-refractivity contribution in [3.05, 3.63) is 206 Å². The van der Waals surface area contributed by atoms with Crippen LogP contribution < -0.4 is 20.2 Å². The SMILES string of the molecule is C[Si]1(C)c2ccc(N(c3ccccc3)c3cccc4c3ccc3ccccc34)cc2-c2oc3cc(N(c4ccccc4)c4cccc5c4ccc4ccccc45)ccc3c21. The van der Waals surface area contributed by atoms with Crippen LogP contribution in [0.15, 0.2) is 211 Å². The maximum Gasteiger partial charge on any atom is 0.136 e. The summed E-state index contributed by atoms with van der Waals surface area (Å²) in [6, 6.07) is 75.1. The molecule has 0 aliphatic carbocycles. The summed E-state index contributed by atoms with van der Waals surface area (Å²) < 4.78 is 7.13. The standard InChI is InChI=1S/C56H40N2OSi/c1-60(2)54-34-30-41(57(39-17-5-3-6-18-39)51-25-13-23-45-43-21-11-9-15-37(43)27-31-47(45)51)35-50(54)55-56(60)49-33-29-42(36-53(49)59-55)58(40-19-7-4-8-20-40)52-26-14-24-46-44-22-12-10-16-38(44)28-32-48(46)52/h3-36H,1-2H3. The summed E-state index contributed by atoms with van der Waals surface area (Å²) in [5.41, 5.74) is 8.79. The number of nitrogens with zero attached hydrogens (tertiary/aromatic N) is 2. The summed E-state index contributed by atoms with van der Waals surface area (Å²) in [4.78, 5) is 4.79. The molecule has 0 fully saturated rings. The van der Waals surface area contributed by atoms with Crippen LogP contribution in [0.25, 0.3) is 65.4 Å². The van der Waals surface area contributed by atoms with Crippen LogP contribution in [0.5, 0.6) is 0 Å². The molecule has 284 valence electrons. The average molecular weight is 785 g/mol. The van der Waals surface area contributed by atoms with E-state index in [1.807, 2.05) is 0 Å². The lowest BCUT2D eigenvalue weighted by atomic mass is 9.99. The Morgan fingerprint density at radius 2 is 0.850 bits per heavy atom. The number of benzene rings is 10. The predicted molar refractivity (Wildman–Crippen MR) is 258 cm³/mol. The quantitative estimate of drug-likeness (QED) is 0.124. The summed E-state index contributed by atoms with van der Waals surface area (Å²) >= 11 is 0. The van der Waals surface area contributed by atoms with E-state index in [0.717, 1.165) is 45.5 Å². The van der Waals surface area contributed by atoms with Crippen molar-refractivity contribution >= 4 is 107 Å². The highest BCUT2D eigenvalue weighted by Gasteiger charge is 2.42. The smallest absolute Gasteiger partial charge is 0.136 e. The van der Waals surface area contributed by atoms with Crippen molar-refractivity contribution in [2.75, 3.05) is 9.80 Å². The van der Waals surface area contributed by atoms with Crippen molar-refractivity contribution in [3.63, 3.8) is 0 Å². The molecule has 11 aromatic rings. The van der Waals surface area contributed by atoms with E-state index in [1.54, 1.807) is 0 Å². The molecule has 4 heteroatoms.